The molecule has 0 bridgehead atoms. The summed E-state index contributed by atoms with van der Waals surface area (Å²) in [7, 11) is 0. The monoisotopic (exact) mass is 282 g/mol. The molecule has 0 atom stereocenters. The average molecular weight is 283 g/mol. The van der Waals surface area contributed by atoms with E-state index in [-0.39, 0.29) is 11.4 Å². The summed E-state index contributed by atoms with van der Waals surface area (Å²) in [4.78, 5) is 16.8. The van der Waals surface area contributed by atoms with Crippen molar-refractivity contribution in [2.45, 2.75) is 18.8 Å². The Labute approximate surface area is 115 Å². The molecule has 1 heterocycles. The van der Waals surface area contributed by atoms with Crippen LogP contribution in [-0.2, 0) is 12.4 Å². The number of rotatable bonds is 5. The number of alkyl halides is 1. The first-order valence-corrected chi connectivity index (χ1v) is 7.74. The van der Waals surface area contributed by atoms with Crippen LogP contribution in [0.25, 0.3) is 10.9 Å². The molecule has 96 valence electrons. The molecule has 0 aliphatic rings. The second kappa shape index (κ2) is 6.25. The molecule has 2 rings (SSSR count). The van der Waals surface area contributed by atoms with Crippen LogP contribution in [0.3, 0.4) is 0 Å². The lowest BCUT2D eigenvalue weighted by Gasteiger charge is -2.11. The van der Waals surface area contributed by atoms with Gasteiger partial charge in [0, 0.05) is 6.54 Å². The van der Waals surface area contributed by atoms with E-state index in [0.29, 0.717) is 17.8 Å². The van der Waals surface area contributed by atoms with E-state index in [9.17, 15) is 4.79 Å². The van der Waals surface area contributed by atoms with E-state index in [1.807, 2.05) is 24.3 Å². The molecule has 0 saturated carbocycles. The quantitative estimate of drug-likeness (QED) is 0.625. The smallest absolute Gasteiger partial charge is 0.261 e. The predicted octanol–water partition coefficient (Wildman–Crippen LogP) is 2.89. The molecular formula is C13H15ClN2OS. The Morgan fingerprint density at radius 1 is 1.39 bits per heavy atom. The summed E-state index contributed by atoms with van der Waals surface area (Å²) in [5.74, 6) is 1.95. The predicted molar refractivity (Wildman–Crippen MR) is 78.6 cm³/mol. The number of aromatic nitrogens is 2. The maximum atomic E-state index is 12.4. The van der Waals surface area contributed by atoms with E-state index in [1.165, 1.54) is 0 Å². The van der Waals surface area contributed by atoms with E-state index in [1.54, 1.807) is 16.3 Å². The zero-order valence-corrected chi connectivity index (χ0v) is 11.8. The van der Waals surface area contributed by atoms with Crippen LogP contribution in [-0.4, -0.2) is 21.6 Å². The van der Waals surface area contributed by atoms with Crippen LogP contribution in [0.4, 0.5) is 0 Å². The third-order valence-corrected chi connectivity index (χ3v) is 3.73. The fourth-order valence-corrected chi connectivity index (χ4v) is 2.54. The lowest BCUT2D eigenvalue weighted by molar-refractivity contribution is 0.625. The molecule has 0 N–H and O–H groups in total. The normalized spacial score (nSPS) is 11.0. The highest BCUT2D eigenvalue weighted by molar-refractivity contribution is 7.98. The summed E-state index contributed by atoms with van der Waals surface area (Å²) in [6.07, 6.45) is 3.01. The molecule has 1 aromatic carbocycles. The fourth-order valence-electron chi connectivity index (χ4n) is 1.91. The van der Waals surface area contributed by atoms with Gasteiger partial charge in [-0.2, -0.15) is 11.8 Å². The van der Waals surface area contributed by atoms with Crippen LogP contribution in [0.2, 0.25) is 0 Å². The Morgan fingerprint density at radius 3 is 2.89 bits per heavy atom. The highest BCUT2D eigenvalue weighted by Crippen LogP contribution is 2.10. The van der Waals surface area contributed by atoms with Crippen molar-refractivity contribution < 1.29 is 0 Å². The Hall–Kier alpha value is -1.00. The van der Waals surface area contributed by atoms with Gasteiger partial charge in [-0.15, -0.1) is 11.6 Å². The van der Waals surface area contributed by atoms with Gasteiger partial charge in [-0.3, -0.25) is 9.36 Å². The van der Waals surface area contributed by atoms with Crippen molar-refractivity contribution in [3.8, 4) is 0 Å². The number of hydrogen-bond donors (Lipinski definition) is 0. The van der Waals surface area contributed by atoms with E-state index < -0.39 is 0 Å². The van der Waals surface area contributed by atoms with Gasteiger partial charge in [0.2, 0.25) is 0 Å². The summed E-state index contributed by atoms with van der Waals surface area (Å²) in [5.41, 5.74) is 0.733. The van der Waals surface area contributed by atoms with Crippen LogP contribution < -0.4 is 5.56 Å². The third kappa shape index (κ3) is 2.70. The van der Waals surface area contributed by atoms with Gasteiger partial charge in [-0.25, -0.2) is 4.98 Å². The Balaban J connectivity index is 2.49. The van der Waals surface area contributed by atoms with Gasteiger partial charge in [-0.1, -0.05) is 12.1 Å². The molecular weight excluding hydrogens is 268 g/mol. The molecule has 0 fully saturated rings. The Bertz CT molecular complexity index is 597. The van der Waals surface area contributed by atoms with Crippen molar-refractivity contribution in [1.82, 2.24) is 9.55 Å². The van der Waals surface area contributed by atoms with Gasteiger partial charge in [-0.05, 0) is 30.6 Å². The second-order valence-corrected chi connectivity index (χ2v) is 5.23. The first-order valence-electron chi connectivity index (χ1n) is 5.81. The number of nitrogens with zero attached hydrogens (tertiary/aromatic N) is 2. The summed E-state index contributed by atoms with van der Waals surface area (Å²) >= 11 is 7.66. The van der Waals surface area contributed by atoms with Gasteiger partial charge in [0.25, 0.3) is 5.56 Å². The molecule has 0 aliphatic carbocycles. The lowest BCUT2D eigenvalue weighted by Crippen LogP contribution is -2.25. The van der Waals surface area contributed by atoms with Crippen LogP contribution in [0.5, 0.6) is 0 Å². The zero-order valence-electron chi connectivity index (χ0n) is 10.2. The zero-order chi connectivity index (χ0) is 13.0. The summed E-state index contributed by atoms with van der Waals surface area (Å²) in [6, 6.07) is 7.40. The number of thioether (sulfide) groups is 1. The molecule has 1 aromatic heterocycles. The van der Waals surface area contributed by atoms with Gasteiger partial charge in [0.1, 0.15) is 5.82 Å². The molecule has 2 aromatic rings. The van der Waals surface area contributed by atoms with Crippen molar-refractivity contribution >= 4 is 34.3 Å². The van der Waals surface area contributed by atoms with Gasteiger partial charge in [0.15, 0.2) is 0 Å². The molecule has 18 heavy (non-hydrogen) atoms. The first-order chi connectivity index (χ1) is 8.77. The third-order valence-electron chi connectivity index (χ3n) is 2.79. The fraction of sp³-hybridized carbons (Fsp3) is 0.385. The average Bonchev–Trinajstić information content (AvgIpc) is 2.41. The topological polar surface area (TPSA) is 34.9 Å². The maximum absolute atomic E-state index is 12.4. The number of benzene rings is 1. The molecule has 3 nitrogen and oxygen atoms in total. The summed E-state index contributed by atoms with van der Waals surface area (Å²) < 4.78 is 1.70. The van der Waals surface area contributed by atoms with Crippen LogP contribution >= 0.6 is 23.4 Å². The Morgan fingerprint density at radius 2 is 2.17 bits per heavy atom. The molecule has 0 amide bonds. The van der Waals surface area contributed by atoms with E-state index in [2.05, 4.69) is 11.2 Å². The molecule has 0 radical (unpaired) electrons. The van der Waals surface area contributed by atoms with Gasteiger partial charge < -0.3 is 0 Å². The molecule has 0 unspecified atom stereocenters. The first kappa shape index (κ1) is 13.4. The Kier molecular flexibility index (Phi) is 4.66. The number of hydrogen-bond acceptors (Lipinski definition) is 3. The molecule has 0 aliphatic heterocycles. The highest BCUT2D eigenvalue weighted by atomic mass is 35.5. The number of para-hydroxylation sites is 1. The van der Waals surface area contributed by atoms with E-state index >= 15 is 0 Å². The van der Waals surface area contributed by atoms with Crippen molar-refractivity contribution in [2.75, 3.05) is 12.0 Å². The minimum Gasteiger partial charge on any atom is -0.295 e. The SMILES string of the molecule is CSCCCn1c(CCl)nc2ccccc2c1=O. The largest absolute Gasteiger partial charge is 0.295 e. The van der Waals surface area contributed by atoms with Gasteiger partial charge in [0.05, 0.1) is 16.8 Å². The summed E-state index contributed by atoms with van der Waals surface area (Å²) in [5, 5.41) is 0.663. The van der Waals surface area contributed by atoms with Crippen LogP contribution in [0.15, 0.2) is 29.1 Å². The summed E-state index contributed by atoms with van der Waals surface area (Å²) in [6.45, 7) is 0.680. The van der Waals surface area contributed by atoms with Gasteiger partial charge >= 0.3 is 0 Å². The number of halogens is 1. The standard InChI is InChI=1S/C13H15ClN2OS/c1-18-8-4-7-16-12(9-14)15-11-6-3-2-5-10(11)13(16)17/h2-3,5-6H,4,7-9H2,1H3. The highest BCUT2D eigenvalue weighted by Gasteiger charge is 2.09. The number of fused-ring (bicyclic) bond motifs is 1. The molecule has 5 heteroatoms. The van der Waals surface area contributed by atoms with Crippen LogP contribution in [0.1, 0.15) is 12.2 Å². The van der Waals surface area contributed by atoms with Crippen molar-refractivity contribution in [3.63, 3.8) is 0 Å². The molecule has 0 saturated heterocycles. The van der Waals surface area contributed by atoms with Crippen molar-refractivity contribution in [1.29, 1.82) is 0 Å². The van der Waals surface area contributed by atoms with E-state index in [4.69, 9.17) is 11.6 Å². The lowest BCUT2D eigenvalue weighted by atomic mass is 10.2. The minimum absolute atomic E-state index is 0.0114. The molecule has 0 spiro atoms. The van der Waals surface area contributed by atoms with Crippen molar-refractivity contribution in [2.24, 2.45) is 0 Å². The second-order valence-electron chi connectivity index (χ2n) is 3.98. The van der Waals surface area contributed by atoms with Crippen molar-refractivity contribution in [3.05, 3.63) is 40.4 Å². The van der Waals surface area contributed by atoms with Crippen LogP contribution in [0, 0.1) is 0 Å². The van der Waals surface area contributed by atoms with E-state index in [0.717, 1.165) is 17.7 Å². The minimum atomic E-state index is 0.0114. The maximum Gasteiger partial charge on any atom is 0.261 e.